The van der Waals surface area contributed by atoms with Gasteiger partial charge in [0.25, 0.3) is 11.6 Å². The number of nitro groups is 1. The van der Waals surface area contributed by atoms with Crippen LogP contribution in [0.4, 0.5) is 5.69 Å². The Kier molecular flexibility index (Phi) is 8.19. The number of rotatable bonds is 6. The number of nitrogens with one attached hydrogen (secondary N) is 2. The average Bonchev–Trinajstić information content (AvgIpc) is 2.73. The molecule has 1 heterocycles. The van der Waals surface area contributed by atoms with Crippen molar-refractivity contribution in [2.45, 2.75) is 23.8 Å². The molecule has 7 nitrogen and oxygen atoms in total. The summed E-state index contributed by atoms with van der Waals surface area (Å²) in [7, 11) is 0. The third-order valence-electron chi connectivity index (χ3n) is 4.69. The van der Waals surface area contributed by atoms with Crippen LogP contribution in [0.3, 0.4) is 0 Å². The first kappa shape index (κ1) is 22.9. The zero-order valence-corrected chi connectivity index (χ0v) is 17.5. The summed E-state index contributed by atoms with van der Waals surface area (Å²) >= 11 is 1.24. The minimum Gasteiger partial charge on any atom is -0.348 e. The zero-order chi connectivity index (χ0) is 20.1. The van der Waals surface area contributed by atoms with Crippen LogP contribution in [0.25, 0.3) is 0 Å². The van der Waals surface area contributed by atoms with Gasteiger partial charge in [0.1, 0.15) is 0 Å². The highest BCUT2D eigenvalue weighted by molar-refractivity contribution is 7.98. The normalized spacial score (nSPS) is 15.8. The van der Waals surface area contributed by atoms with Crippen molar-refractivity contribution < 1.29 is 14.5 Å². The van der Waals surface area contributed by atoms with Gasteiger partial charge in [0, 0.05) is 29.8 Å². The quantitative estimate of drug-likeness (QED) is 0.312. The molecule has 1 aliphatic rings. The van der Waals surface area contributed by atoms with E-state index in [-0.39, 0.29) is 46.7 Å². The minimum absolute atomic E-state index is 0. The predicted molar refractivity (Wildman–Crippen MR) is 115 cm³/mol. The smallest absolute Gasteiger partial charge is 0.283 e. The monoisotopic (exact) mass is 435 g/mol. The first-order valence-electron chi connectivity index (χ1n) is 8.99. The van der Waals surface area contributed by atoms with Crippen LogP contribution < -0.4 is 10.6 Å². The first-order chi connectivity index (χ1) is 13.5. The number of nitrogens with zero attached hydrogens (tertiary/aromatic N) is 1. The topological polar surface area (TPSA) is 101 Å². The number of hydrogen-bond donors (Lipinski definition) is 2. The summed E-state index contributed by atoms with van der Waals surface area (Å²) in [5.74, 6) is -0.726. The Morgan fingerprint density at radius 3 is 2.55 bits per heavy atom. The molecule has 154 valence electrons. The van der Waals surface area contributed by atoms with E-state index in [0.717, 1.165) is 19.4 Å². The van der Waals surface area contributed by atoms with Gasteiger partial charge in [-0.15, -0.1) is 24.2 Å². The minimum atomic E-state index is -0.503. The Hall–Kier alpha value is -2.42. The fraction of sp³-hybridized carbons (Fsp3) is 0.300. The maximum atomic E-state index is 13.0. The predicted octanol–water partition coefficient (Wildman–Crippen LogP) is 3.45. The molecule has 0 radical (unpaired) electrons. The van der Waals surface area contributed by atoms with E-state index in [1.807, 2.05) is 0 Å². The van der Waals surface area contributed by atoms with Gasteiger partial charge in [-0.05, 0) is 43.8 Å². The molecule has 2 aromatic carbocycles. The molecule has 1 fully saturated rings. The number of ketones is 1. The summed E-state index contributed by atoms with van der Waals surface area (Å²) in [5.41, 5.74) is 0.572. The largest absolute Gasteiger partial charge is 0.348 e. The summed E-state index contributed by atoms with van der Waals surface area (Å²) in [4.78, 5) is 37.0. The second-order valence-electron chi connectivity index (χ2n) is 6.54. The van der Waals surface area contributed by atoms with E-state index in [0.29, 0.717) is 11.4 Å². The molecule has 0 aliphatic carbocycles. The van der Waals surface area contributed by atoms with Gasteiger partial charge in [-0.1, -0.05) is 18.2 Å². The van der Waals surface area contributed by atoms with Crippen LogP contribution in [0.1, 0.15) is 39.1 Å². The van der Waals surface area contributed by atoms with Gasteiger partial charge in [0.2, 0.25) is 0 Å². The van der Waals surface area contributed by atoms with E-state index >= 15 is 0 Å². The maximum Gasteiger partial charge on any atom is 0.283 e. The standard InChI is InChI=1S/C20H21N3O4S.ClH/c1-28-18-9-8-13(11-17(18)23(26)27)19(24)15-6-2-3-7-16(15)20(25)22-14-5-4-10-21-12-14;/h2-3,6-9,11,14,21H,4-5,10,12H2,1H3,(H,22,25);1H. The number of halogens is 1. The molecule has 1 atom stereocenters. The Balaban J connectivity index is 0.00000300. The van der Waals surface area contributed by atoms with Crippen LogP contribution in [0.5, 0.6) is 0 Å². The summed E-state index contributed by atoms with van der Waals surface area (Å²) in [6, 6.07) is 11.0. The molecule has 0 spiro atoms. The highest BCUT2D eigenvalue weighted by Crippen LogP contribution is 2.29. The SMILES string of the molecule is CSc1ccc(C(=O)c2ccccc2C(=O)NC2CCCNC2)cc1[N+](=O)[O-].Cl. The molecule has 0 aromatic heterocycles. The first-order valence-corrected chi connectivity index (χ1v) is 10.2. The molecular weight excluding hydrogens is 414 g/mol. The van der Waals surface area contributed by atoms with Crippen molar-refractivity contribution in [3.05, 3.63) is 69.3 Å². The number of hydrogen-bond acceptors (Lipinski definition) is 6. The van der Waals surface area contributed by atoms with E-state index in [2.05, 4.69) is 10.6 Å². The van der Waals surface area contributed by atoms with E-state index < -0.39 is 10.7 Å². The van der Waals surface area contributed by atoms with Crippen LogP contribution in [0.15, 0.2) is 47.4 Å². The van der Waals surface area contributed by atoms with Crippen molar-refractivity contribution in [1.82, 2.24) is 10.6 Å². The van der Waals surface area contributed by atoms with Crippen molar-refractivity contribution in [2.75, 3.05) is 19.3 Å². The van der Waals surface area contributed by atoms with Crippen molar-refractivity contribution in [3.8, 4) is 0 Å². The van der Waals surface area contributed by atoms with Crippen LogP contribution in [0.2, 0.25) is 0 Å². The second kappa shape index (κ2) is 10.4. The van der Waals surface area contributed by atoms with Crippen molar-refractivity contribution in [3.63, 3.8) is 0 Å². The van der Waals surface area contributed by atoms with Gasteiger partial charge in [0.15, 0.2) is 5.78 Å². The molecule has 1 amide bonds. The number of carbonyl (C=O) groups is 2. The molecule has 2 N–H and O–H groups in total. The second-order valence-corrected chi connectivity index (χ2v) is 7.38. The van der Waals surface area contributed by atoms with Gasteiger partial charge < -0.3 is 10.6 Å². The lowest BCUT2D eigenvalue weighted by Gasteiger charge is -2.24. The van der Waals surface area contributed by atoms with E-state index in [4.69, 9.17) is 0 Å². The lowest BCUT2D eigenvalue weighted by Crippen LogP contribution is -2.45. The maximum absolute atomic E-state index is 13.0. The molecule has 1 saturated heterocycles. The fourth-order valence-electron chi connectivity index (χ4n) is 3.25. The average molecular weight is 436 g/mol. The summed E-state index contributed by atoms with van der Waals surface area (Å²) in [6.45, 7) is 1.64. The molecule has 3 rings (SSSR count). The molecule has 0 saturated carbocycles. The Morgan fingerprint density at radius 1 is 1.21 bits per heavy atom. The van der Waals surface area contributed by atoms with Gasteiger partial charge in [0.05, 0.1) is 15.4 Å². The fourth-order valence-corrected chi connectivity index (χ4v) is 3.79. The highest BCUT2D eigenvalue weighted by atomic mass is 35.5. The van der Waals surface area contributed by atoms with Crippen LogP contribution >= 0.6 is 24.2 Å². The molecule has 29 heavy (non-hydrogen) atoms. The van der Waals surface area contributed by atoms with Crippen LogP contribution in [-0.2, 0) is 0 Å². The molecule has 1 unspecified atom stereocenters. The number of amides is 1. The molecule has 0 bridgehead atoms. The number of benzene rings is 2. The lowest BCUT2D eigenvalue weighted by atomic mass is 9.97. The summed E-state index contributed by atoms with van der Waals surface area (Å²) in [6.07, 6.45) is 3.61. The Bertz CT molecular complexity index is 916. The van der Waals surface area contributed by atoms with E-state index in [9.17, 15) is 19.7 Å². The molecule has 2 aromatic rings. The van der Waals surface area contributed by atoms with Crippen molar-refractivity contribution in [2.24, 2.45) is 0 Å². The van der Waals surface area contributed by atoms with E-state index in [1.54, 1.807) is 42.7 Å². The third kappa shape index (κ3) is 5.35. The number of carbonyl (C=O) groups excluding carboxylic acids is 2. The molecule has 9 heteroatoms. The lowest BCUT2D eigenvalue weighted by molar-refractivity contribution is -0.387. The number of nitro benzene ring substituents is 1. The van der Waals surface area contributed by atoms with Gasteiger partial charge in [-0.3, -0.25) is 19.7 Å². The van der Waals surface area contributed by atoms with E-state index in [1.165, 1.54) is 17.8 Å². The zero-order valence-electron chi connectivity index (χ0n) is 15.8. The summed E-state index contributed by atoms with van der Waals surface area (Å²) in [5, 5.41) is 17.5. The van der Waals surface area contributed by atoms with Crippen molar-refractivity contribution >= 4 is 41.5 Å². The Morgan fingerprint density at radius 2 is 1.93 bits per heavy atom. The summed E-state index contributed by atoms with van der Waals surface area (Å²) < 4.78 is 0. The highest BCUT2D eigenvalue weighted by Gasteiger charge is 2.23. The molecule has 1 aliphatic heterocycles. The molecular formula is C20H22ClN3O4S. The van der Waals surface area contributed by atoms with Crippen molar-refractivity contribution in [1.29, 1.82) is 0 Å². The number of piperidine rings is 1. The van der Waals surface area contributed by atoms with Gasteiger partial charge >= 0.3 is 0 Å². The van der Waals surface area contributed by atoms with Crippen LogP contribution in [0, 0.1) is 10.1 Å². The van der Waals surface area contributed by atoms with Gasteiger partial charge in [-0.25, -0.2) is 0 Å². The van der Waals surface area contributed by atoms with Crippen LogP contribution in [-0.4, -0.2) is 42.0 Å². The number of thioether (sulfide) groups is 1. The Labute approximate surface area is 179 Å². The third-order valence-corrected chi connectivity index (χ3v) is 5.47. The van der Waals surface area contributed by atoms with Gasteiger partial charge in [-0.2, -0.15) is 0 Å².